The summed E-state index contributed by atoms with van der Waals surface area (Å²) in [4.78, 5) is 14.2. The van der Waals surface area contributed by atoms with Gasteiger partial charge in [0, 0.05) is 43.6 Å². The van der Waals surface area contributed by atoms with Crippen LogP contribution in [0.5, 0.6) is 0 Å². The molecule has 0 bridgehead atoms. The van der Waals surface area contributed by atoms with Gasteiger partial charge in [0.2, 0.25) is 0 Å². The van der Waals surface area contributed by atoms with E-state index in [1.54, 1.807) is 6.33 Å². The molecule has 5 nitrogen and oxygen atoms in total. The van der Waals surface area contributed by atoms with Crippen molar-refractivity contribution < 1.29 is 0 Å². The summed E-state index contributed by atoms with van der Waals surface area (Å²) in [6.07, 6.45) is 3.92. The molecule has 4 aromatic rings. The van der Waals surface area contributed by atoms with E-state index in [-0.39, 0.29) is 0 Å². The number of aryl methyl sites for hydroxylation is 1. The lowest BCUT2D eigenvalue weighted by molar-refractivity contribution is 0.312. The van der Waals surface area contributed by atoms with Crippen LogP contribution in [0.2, 0.25) is 0 Å². The van der Waals surface area contributed by atoms with Crippen LogP contribution < -0.4 is 4.90 Å². The second-order valence-electron chi connectivity index (χ2n) is 7.80. The SMILES string of the molecule is Cc1cccc(-n2cc(-c3ccccc3)c3c(N4CCN(C)CC4)ncnc32)c1. The quantitative estimate of drug-likeness (QED) is 0.533. The maximum Gasteiger partial charge on any atom is 0.150 e. The molecular weight excluding hydrogens is 358 g/mol. The van der Waals surface area contributed by atoms with Crippen molar-refractivity contribution in [2.24, 2.45) is 0 Å². The van der Waals surface area contributed by atoms with Gasteiger partial charge in [0.15, 0.2) is 5.65 Å². The van der Waals surface area contributed by atoms with Crippen LogP contribution in [0.4, 0.5) is 5.82 Å². The van der Waals surface area contributed by atoms with E-state index in [4.69, 9.17) is 9.97 Å². The fraction of sp³-hybridized carbons (Fsp3) is 0.250. The summed E-state index contributed by atoms with van der Waals surface area (Å²) >= 11 is 0. The molecule has 1 saturated heterocycles. The zero-order chi connectivity index (χ0) is 19.8. The number of likely N-dealkylation sites (N-methyl/N-ethyl adjacent to an activating group) is 1. The molecule has 0 aliphatic carbocycles. The summed E-state index contributed by atoms with van der Waals surface area (Å²) in [6.45, 7) is 6.17. The van der Waals surface area contributed by atoms with Gasteiger partial charge < -0.3 is 14.4 Å². The van der Waals surface area contributed by atoms with Crippen molar-refractivity contribution in [1.29, 1.82) is 0 Å². The first-order chi connectivity index (χ1) is 14.2. The predicted molar refractivity (Wildman–Crippen MR) is 119 cm³/mol. The molecule has 1 aliphatic heterocycles. The van der Waals surface area contributed by atoms with E-state index < -0.39 is 0 Å². The molecule has 2 aromatic carbocycles. The number of hydrogen-bond donors (Lipinski definition) is 0. The van der Waals surface area contributed by atoms with E-state index in [9.17, 15) is 0 Å². The van der Waals surface area contributed by atoms with Crippen molar-refractivity contribution in [2.75, 3.05) is 38.1 Å². The molecule has 0 radical (unpaired) electrons. The van der Waals surface area contributed by atoms with Gasteiger partial charge in [-0.05, 0) is 37.2 Å². The molecule has 0 N–H and O–H groups in total. The number of piperazine rings is 1. The van der Waals surface area contributed by atoms with Gasteiger partial charge in [-0.2, -0.15) is 0 Å². The molecule has 1 fully saturated rings. The monoisotopic (exact) mass is 383 g/mol. The summed E-state index contributed by atoms with van der Waals surface area (Å²) in [5.74, 6) is 1.04. The van der Waals surface area contributed by atoms with Gasteiger partial charge in [0.25, 0.3) is 0 Å². The highest BCUT2D eigenvalue weighted by Crippen LogP contribution is 2.37. The molecule has 2 aromatic heterocycles. The highest BCUT2D eigenvalue weighted by molar-refractivity contribution is 6.02. The Labute approximate surface area is 171 Å². The lowest BCUT2D eigenvalue weighted by Crippen LogP contribution is -2.44. The van der Waals surface area contributed by atoms with Crippen LogP contribution in [0.1, 0.15) is 5.56 Å². The highest BCUT2D eigenvalue weighted by Gasteiger charge is 2.23. The minimum Gasteiger partial charge on any atom is -0.353 e. The average Bonchev–Trinajstić information content (AvgIpc) is 3.15. The third-order valence-electron chi connectivity index (χ3n) is 5.73. The van der Waals surface area contributed by atoms with E-state index in [2.05, 4.69) is 89.1 Å². The normalized spacial score (nSPS) is 15.2. The Morgan fingerprint density at radius 2 is 1.66 bits per heavy atom. The molecule has 0 atom stereocenters. The fourth-order valence-corrected chi connectivity index (χ4v) is 4.11. The molecule has 0 unspecified atom stereocenters. The van der Waals surface area contributed by atoms with Crippen LogP contribution in [0.15, 0.2) is 67.1 Å². The van der Waals surface area contributed by atoms with Crippen molar-refractivity contribution in [3.8, 4) is 16.8 Å². The first-order valence-corrected chi connectivity index (χ1v) is 10.1. The smallest absolute Gasteiger partial charge is 0.150 e. The second kappa shape index (κ2) is 7.33. The van der Waals surface area contributed by atoms with E-state index in [0.29, 0.717) is 0 Å². The van der Waals surface area contributed by atoms with E-state index in [0.717, 1.165) is 48.7 Å². The Bertz CT molecular complexity index is 1140. The molecule has 5 rings (SSSR count). The maximum atomic E-state index is 4.75. The van der Waals surface area contributed by atoms with Crippen LogP contribution in [0.3, 0.4) is 0 Å². The van der Waals surface area contributed by atoms with Gasteiger partial charge in [-0.25, -0.2) is 9.97 Å². The molecular formula is C24H25N5. The third kappa shape index (κ3) is 3.28. The van der Waals surface area contributed by atoms with Crippen LogP contribution in [0.25, 0.3) is 27.8 Å². The molecule has 1 aliphatic rings. The van der Waals surface area contributed by atoms with E-state index in [1.165, 1.54) is 16.7 Å². The van der Waals surface area contributed by atoms with Gasteiger partial charge in [-0.3, -0.25) is 0 Å². The van der Waals surface area contributed by atoms with Gasteiger partial charge in [-0.15, -0.1) is 0 Å². The maximum absolute atomic E-state index is 4.75. The molecule has 146 valence electrons. The van der Waals surface area contributed by atoms with Crippen molar-refractivity contribution >= 4 is 16.9 Å². The van der Waals surface area contributed by atoms with Gasteiger partial charge >= 0.3 is 0 Å². The largest absolute Gasteiger partial charge is 0.353 e. The summed E-state index contributed by atoms with van der Waals surface area (Å²) in [7, 11) is 2.18. The third-order valence-corrected chi connectivity index (χ3v) is 5.73. The van der Waals surface area contributed by atoms with E-state index in [1.807, 2.05) is 0 Å². The molecule has 29 heavy (non-hydrogen) atoms. The predicted octanol–water partition coefficient (Wildman–Crippen LogP) is 4.15. The standard InChI is InChI=1S/C24H25N5/c1-18-7-6-10-20(15-18)29-16-21(19-8-4-3-5-9-19)22-23(25-17-26-24(22)29)28-13-11-27(2)12-14-28/h3-10,15-17H,11-14H2,1-2H3. The summed E-state index contributed by atoms with van der Waals surface area (Å²) in [6, 6.07) is 19.1. The first-order valence-electron chi connectivity index (χ1n) is 10.1. The number of benzene rings is 2. The zero-order valence-corrected chi connectivity index (χ0v) is 16.9. The van der Waals surface area contributed by atoms with Gasteiger partial charge in [0.05, 0.1) is 5.39 Å². The average molecular weight is 383 g/mol. The fourth-order valence-electron chi connectivity index (χ4n) is 4.11. The highest BCUT2D eigenvalue weighted by atomic mass is 15.3. The van der Waals surface area contributed by atoms with Crippen molar-refractivity contribution in [3.63, 3.8) is 0 Å². The van der Waals surface area contributed by atoms with Crippen molar-refractivity contribution in [2.45, 2.75) is 6.92 Å². The number of rotatable bonds is 3. The number of hydrogen-bond acceptors (Lipinski definition) is 4. The minimum atomic E-state index is 0.957. The molecule has 0 spiro atoms. The topological polar surface area (TPSA) is 37.2 Å². The summed E-state index contributed by atoms with van der Waals surface area (Å²) in [5, 5.41) is 1.13. The number of anilines is 1. The second-order valence-corrected chi connectivity index (χ2v) is 7.80. The molecule has 0 saturated carbocycles. The van der Waals surface area contributed by atoms with Crippen LogP contribution in [0, 0.1) is 6.92 Å². The Morgan fingerprint density at radius 1 is 0.862 bits per heavy atom. The van der Waals surface area contributed by atoms with Crippen LogP contribution in [-0.2, 0) is 0 Å². The zero-order valence-electron chi connectivity index (χ0n) is 16.9. The molecule has 5 heteroatoms. The molecule has 3 heterocycles. The van der Waals surface area contributed by atoms with Crippen LogP contribution in [-0.4, -0.2) is 52.7 Å². The summed E-state index contributed by atoms with van der Waals surface area (Å²) < 4.78 is 2.20. The Hall–Kier alpha value is -3.18. The minimum absolute atomic E-state index is 0.957. The van der Waals surface area contributed by atoms with Gasteiger partial charge in [-0.1, -0.05) is 42.5 Å². The van der Waals surface area contributed by atoms with Crippen molar-refractivity contribution in [3.05, 3.63) is 72.7 Å². The van der Waals surface area contributed by atoms with Crippen LogP contribution >= 0.6 is 0 Å². The number of aromatic nitrogens is 3. The summed E-state index contributed by atoms with van der Waals surface area (Å²) in [5.41, 5.74) is 5.68. The molecule has 0 amide bonds. The van der Waals surface area contributed by atoms with E-state index >= 15 is 0 Å². The lowest BCUT2D eigenvalue weighted by atomic mass is 10.1. The number of nitrogens with zero attached hydrogens (tertiary/aromatic N) is 5. The Kier molecular flexibility index (Phi) is 4.52. The number of fused-ring (bicyclic) bond motifs is 1. The Morgan fingerprint density at radius 3 is 2.41 bits per heavy atom. The Balaban J connectivity index is 1.75. The van der Waals surface area contributed by atoms with Crippen molar-refractivity contribution in [1.82, 2.24) is 19.4 Å². The first kappa shape index (κ1) is 17.9. The van der Waals surface area contributed by atoms with Gasteiger partial charge in [0.1, 0.15) is 12.1 Å². The lowest BCUT2D eigenvalue weighted by Gasteiger charge is -2.33.